The van der Waals surface area contributed by atoms with Crippen LogP contribution in [-0.2, 0) is 11.3 Å². The van der Waals surface area contributed by atoms with E-state index in [1.807, 2.05) is 12.1 Å². The lowest BCUT2D eigenvalue weighted by Gasteiger charge is -2.18. The van der Waals surface area contributed by atoms with Crippen LogP contribution in [0.4, 0.5) is 25.1 Å². The van der Waals surface area contributed by atoms with Gasteiger partial charge in [-0.2, -0.15) is 14.9 Å². The zero-order valence-corrected chi connectivity index (χ0v) is 23.7. The molecule has 0 aliphatic heterocycles. The van der Waals surface area contributed by atoms with Crippen molar-refractivity contribution in [2.45, 2.75) is 39.8 Å². The molecular formula is C29H29F2N7O4. The van der Waals surface area contributed by atoms with Gasteiger partial charge in [-0.25, -0.2) is 23.5 Å². The van der Waals surface area contributed by atoms with Gasteiger partial charge < -0.3 is 19.5 Å². The van der Waals surface area contributed by atoms with Crippen LogP contribution in [0.1, 0.15) is 33.3 Å². The van der Waals surface area contributed by atoms with Crippen LogP contribution in [-0.4, -0.2) is 54.9 Å². The van der Waals surface area contributed by atoms with Gasteiger partial charge in [-0.1, -0.05) is 18.2 Å². The summed E-state index contributed by atoms with van der Waals surface area (Å²) in [4.78, 5) is 21.4. The topological polar surface area (TPSA) is 118 Å². The van der Waals surface area contributed by atoms with Crippen LogP contribution in [0.15, 0.2) is 55.0 Å². The number of para-hydroxylation sites is 1. The summed E-state index contributed by atoms with van der Waals surface area (Å²) in [5, 5.41) is 12.5. The molecule has 1 N–H and O–H groups in total. The summed E-state index contributed by atoms with van der Waals surface area (Å²) in [6.45, 7) is 7.14. The van der Waals surface area contributed by atoms with E-state index in [2.05, 4.69) is 25.5 Å². The average molecular weight is 578 g/mol. The van der Waals surface area contributed by atoms with Gasteiger partial charge in [-0.3, -0.25) is 4.68 Å². The number of carbonyl (C=O) groups is 1. The molecule has 0 atom stereocenters. The Balaban J connectivity index is 1.48. The van der Waals surface area contributed by atoms with E-state index in [0.29, 0.717) is 28.0 Å². The van der Waals surface area contributed by atoms with E-state index in [-0.39, 0.29) is 36.1 Å². The molecule has 0 spiro atoms. The summed E-state index contributed by atoms with van der Waals surface area (Å²) < 4.78 is 48.3. The van der Waals surface area contributed by atoms with Crippen molar-refractivity contribution in [2.75, 3.05) is 19.0 Å². The lowest BCUT2D eigenvalue weighted by molar-refractivity contribution is 0.0514. The summed E-state index contributed by atoms with van der Waals surface area (Å²) in [6, 6.07) is 9.56. The number of hydrogen-bond acceptors (Lipinski definition) is 9. The molecular weight excluding hydrogens is 548 g/mol. The number of fused-ring (bicyclic) bond motifs is 1. The molecule has 0 aliphatic rings. The first-order valence-electron chi connectivity index (χ1n) is 13.1. The van der Waals surface area contributed by atoms with Crippen LogP contribution in [0.3, 0.4) is 0 Å². The Labute approximate surface area is 240 Å². The van der Waals surface area contributed by atoms with Crippen LogP contribution in [0.25, 0.3) is 22.4 Å². The van der Waals surface area contributed by atoms with Crippen molar-refractivity contribution in [2.24, 2.45) is 0 Å². The third-order valence-corrected chi connectivity index (χ3v) is 6.00. The number of ether oxygens (including phenoxy) is 3. The van der Waals surface area contributed by atoms with Gasteiger partial charge in [0, 0.05) is 23.1 Å². The quantitative estimate of drug-likeness (QED) is 0.239. The van der Waals surface area contributed by atoms with Gasteiger partial charge in [0.05, 0.1) is 50.1 Å². The van der Waals surface area contributed by atoms with E-state index in [1.54, 1.807) is 39.8 Å². The maximum Gasteiger partial charge on any atom is 0.435 e. The van der Waals surface area contributed by atoms with E-state index < -0.39 is 23.3 Å². The van der Waals surface area contributed by atoms with Crippen molar-refractivity contribution in [1.82, 2.24) is 29.5 Å². The zero-order valence-electron chi connectivity index (χ0n) is 23.7. The monoisotopic (exact) mass is 577 g/mol. The van der Waals surface area contributed by atoms with Crippen LogP contribution in [0.5, 0.6) is 11.5 Å². The van der Waals surface area contributed by atoms with Crippen molar-refractivity contribution in [3.8, 4) is 23.0 Å². The Bertz CT molecular complexity index is 1740. The van der Waals surface area contributed by atoms with E-state index in [9.17, 15) is 13.6 Å². The fraction of sp³-hybridized carbons (Fsp3) is 0.276. The molecule has 0 saturated heterocycles. The number of anilines is 2. The zero-order chi connectivity index (χ0) is 30.0. The van der Waals surface area contributed by atoms with Gasteiger partial charge in [0.2, 0.25) is 0 Å². The molecule has 0 bridgehead atoms. The molecule has 3 aromatic heterocycles. The maximum atomic E-state index is 14.9. The van der Waals surface area contributed by atoms with Crippen LogP contribution < -0.4 is 14.8 Å². The number of rotatable bonds is 8. The molecule has 3 heterocycles. The van der Waals surface area contributed by atoms with Crippen molar-refractivity contribution >= 4 is 28.5 Å². The smallest absolute Gasteiger partial charge is 0.435 e. The molecule has 218 valence electrons. The number of nitrogens with one attached hydrogen (secondary N) is 1. The van der Waals surface area contributed by atoms with Crippen molar-refractivity contribution < 1.29 is 27.8 Å². The molecule has 0 amide bonds. The number of hydrogen-bond donors (Lipinski definition) is 1. The highest BCUT2D eigenvalue weighted by atomic mass is 19.1. The molecule has 11 nitrogen and oxygen atoms in total. The predicted octanol–water partition coefficient (Wildman–Crippen LogP) is 5.95. The number of benzene rings is 2. The summed E-state index contributed by atoms with van der Waals surface area (Å²) in [7, 11) is 1.47. The lowest BCUT2D eigenvalue weighted by Crippen LogP contribution is -2.27. The highest BCUT2D eigenvalue weighted by Crippen LogP contribution is 2.32. The minimum Gasteiger partial charge on any atom is -0.494 e. The molecule has 5 aromatic rings. The molecule has 0 saturated carbocycles. The number of nitrogens with zero attached hydrogens (tertiary/aromatic N) is 6. The van der Waals surface area contributed by atoms with E-state index in [4.69, 9.17) is 14.2 Å². The number of aromatic nitrogens is 6. The highest BCUT2D eigenvalue weighted by molar-refractivity contribution is 5.92. The van der Waals surface area contributed by atoms with Crippen LogP contribution >= 0.6 is 0 Å². The van der Waals surface area contributed by atoms with Gasteiger partial charge in [0.1, 0.15) is 28.7 Å². The Morgan fingerprint density at radius 2 is 1.83 bits per heavy atom. The van der Waals surface area contributed by atoms with Crippen LogP contribution in [0, 0.1) is 11.6 Å². The minimum atomic E-state index is -0.737. The summed E-state index contributed by atoms with van der Waals surface area (Å²) >= 11 is 0. The molecule has 0 radical (unpaired) electrons. The second-order valence-electron chi connectivity index (χ2n) is 10.2. The fourth-order valence-corrected chi connectivity index (χ4v) is 4.20. The summed E-state index contributed by atoms with van der Waals surface area (Å²) in [6.07, 6.45) is 3.74. The minimum absolute atomic E-state index is 0.116. The van der Waals surface area contributed by atoms with Crippen molar-refractivity contribution in [3.63, 3.8) is 0 Å². The Morgan fingerprint density at radius 1 is 1.10 bits per heavy atom. The van der Waals surface area contributed by atoms with Crippen LogP contribution in [0.2, 0.25) is 0 Å². The summed E-state index contributed by atoms with van der Waals surface area (Å²) in [5.74, 6) is -0.511. The molecule has 5 rings (SSSR count). The third-order valence-electron chi connectivity index (χ3n) is 6.00. The first kappa shape index (κ1) is 28.5. The van der Waals surface area contributed by atoms with Gasteiger partial charge in [0.25, 0.3) is 0 Å². The maximum absolute atomic E-state index is 14.9. The lowest BCUT2D eigenvalue weighted by atomic mass is 10.1. The average Bonchev–Trinajstić information content (AvgIpc) is 3.55. The normalized spacial score (nSPS) is 11.5. The number of methoxy groups -OCH3 is 1. The molecule has 0 unspecified atom stereocenters. The van der Waals surface area contributed by atoms with Gasteiger partial charge in [-0.05, 0) is 33.8 Å². The number of carbonyl (C=O) groups excluding carboxylic acids is 1. The Hall–Kier alpha value is -5.07. The Kier molecular flexibility index (Phi) is 7.74. The molecule has 2 aromatic carbocycles. The first-order chi connectivity index (χ1) is 20.1. The molecule has 42 heavy (non-hydrogen) atoms. The highest BCUT2D eigenvalue weighted by Gasteiger charge is 2.21. The van der Waals surface area contributed by atoms with E-state index in [0.717, 1.165) is 16.8 Å². The molecule has 0 aliphatic carbocycles. The second-order valence-corrected chi connectivity index (χ2v) is 10.2. The van der Waals surface area contributed by atoms with Gasteiger partial charge >= 0.3 is 6.09 Å². The summed E-state index contributed by atoms with van der Waals surface area (Å²) in [5.41, 5.74) is 0.636. The molecule has 13 heteroatoms. The SMILES string of the molecule is CCOc1cc(F)c(Cn2nc(-c3ncc(OC)c(Nc4cnn(C(=O)OC(C)(C)C)c4)n3)c3ccccc32)c(F)c1. The van der Waals surface area contributed by atoms with Crippen molar-refractivity contribution in [1.29, 1.82) is 0 Å². The van der Waals surface area contributed by atoms with E-state index >= 15 is 0 Å². The van der Waals surface area contributed by atoms with Gasteiger partial charge in [0.15, 0.2) is 17.4 Å². The predicted molar refractivity (Wildman–Crippen MR) is 151 cm³/mol. The van der Waals surface area contributed by atoms with E-state index in [1.165, 1.54) is 30.4 Å². The number of halogens is 2. The van der Waals surface area contributed by atoms with Gasteiger partial charge in [-0.15, -0.1) is 0 Å². The second kappa shape index (κ2) is 11.4. The Morgan fingerprint density at radius 3 is 2.52 bits per heavy atom. The third kappa shape index (κ3) is 5.99. The van der Waals surface area contributed by atoms with Crippen molar-refractivity contribution in [3.05, 3.63) is 72.2 Å². The molecule has 0 fully saturated rings. The largest absolute Gasteiger partial charge is 0.494 e. The fourth-order valence-electron chi connectivity index (χ4n) is 4.20. The first-order valence-corrected chi connectivity index (χ1v) is 13.1. The standard InChI is InChI=1S/C29H29F2N7O4/c1-6-41-18-11-21(30)20(22(31)12-18)16-37-23-10-8-7-9-19(23)25(36-37)27-32-14-24(40-5)26(35-27)34-17-13-33-38(15-17)28(39)42-29(2,3)4/h7-15H,6,16H2,1-5H3,(H,32,34,35).